The maximum atomic E-state index is 11.2. The zero-order valence-electron chi connectivity index (χ0n) is 11.2. The van der Waals surface area contributed by atoms with E-state index in [0.29, 0.717) is 24.6 Å². The van der Waals surface area contributed by atoms with Crippen LogP contribution in [-0.2, 0) is 0 Å². The minimum atomic E-state index is -0.0333. The normalized spacial score (nSPS) is 10.2. The van der Waals surface area contributed by atoms with Gasteiger partial charge in [-0.15, -0.1) is 0 Å². The fourth-order valence-corrected chi connectivity index (χ4v) is 1.73. The van der Waals surface area contributed by atoms with Crippen LogP contribution in [0, 0.1) is 17.2 Å². The van der Waals surface area contributed by atoms with Gasteiger partial charge in [0, 0.05) is 20.0 Å². The summed E-state index contributed by atoms with van der Waals surface area (Å²) in [7, 11) is 0. The minimum Gasteiger partial charge on any atom is -0.369 e. The number of ketones is 1. The maximum absolute atomic E-state index is 11.2. The van der Waals surface area contributed by atoms with Crippen LogP contribution in [0.15, 0.2) is 18.3 Å². The summed E-state index contributed by atoms with van der Waals surface area (Å²) in [5, 5.41) is 8.68. The summed E-state index contributed by atoms with van der Waals surface area (Å²) in [6.07, 6.45) is 2.19. The van der Waals surface area contributed by atoms with Crippen LogP contribution >= 0.6 is 0 Å². The number of hydrogen-bond donors (Lipinski definition) is 0. The van der Waals surface area contributed by atoms with Crippen LogP contribution in [0.4, 0.5) is 5.69 Å². The van der Waals surface area contributed by atoms with E-state index in [1.54, 1.807) is 12.3 Å². The van der Waals surface area contributed by atoms with Crippen LogP contribution < -0.4 is 4.90 Å². The second kappa shape index (κ2) is 6.75. The molecule has 96 valence electrons. The first kappa shape index (κ1) is 14.2. The second-order valence-corrected chi connectivity index (χ2v) is 4.71. The number of rotatable bonds is 6. The van der Waals surface area contributed by atoms with Crippen LogP contribution in [0.5, 0.6) is 0 Å². The molecule has 4 heteroatoms. The molecule has 0 aromatic carbocycles. The van der Waals surface area contributed by atoms with Crippen molar-refractivity contribution in [2.45, 2.75) is 27.2 Å². The lowest BCUT2D eigenvalue weighted by molar-refractivity contribution is 0.101. The summed E-state index contributed by atoms with van der Waals surface area (Å²) < 4.78 is 0. The smallest absolute Gasteiger partial charge is 0.178 e. The molecule has 0 saturated carbocycles. The second-order valence-electron chi connectivity index (χ2n) is 4.71. The Morgan fingerprint density at radius 3 is 2.67 bits per heavy atom. The first-order valence-electron chi connectivity index (χ1n) is 6.13. The Hall–Kier alpha value is -1.89. The van der Waals surface area contributed by atoms with Gasteiger partial charge in [-0.05, 0) is 18.1 Å². The van der Waals surface area contributed by atoms with Gasteiger partial charge in [-0.1, -0.05) is 13.8 Å². The van der Waals surface area contributed by atoms with Gasteiger partial charge >= 0.3 is 0 Å². The third kappa shape index (κ3) is 4.17. The number of Topliss-reactive ketones (excluding diaryl/α,β-unsaturated/α-hetero) is 1. The highest BCUT2D eigenvalue weighted by molar-refractivity contribution is 5.92. The largest absolute Gasteiger partial charge is 0.369 e. The highest BCUT2D eigenvalue weighted by Crippen LogP contribution is 2.15. The lowest BCUT2D eigenvalue weighted by Crippen LogP contribution is -2.28. The molecule has 4 nitrogen and oxygen atoms in total. The quantitative estimate of drug-likeness (QED) is 0.723. The Balaban J connectivity index is 2.84. The number of carbonyl (C=O) groups is 1. The molecule has 0 N–H and O–H groups in total. The Labute approximate surface area is 108 Å². The first-order valence-corrected chi connectivity index (χ1v) is 6.13. The van der Waals surface area contributed by atoms with Crippen molar-refractivity contribution in [2.75, 3.05) is 18.0 Å². The molecule has 0 radical (unpaired) electrons. The van der Waals surface area contributed by atoms with Gasteiger partial charge < -0.3 is 4.90 Å². The van der Waals surface area contributed by atoms with Crippen molar-refractivity contribution in [1.29, 1.82) is 5.26 Å². The topological polar surface area (TPSA) is 57.0 Å². The molecule has 0 amide bonds. The Bertz CT molecular complexity index is 431. The Morgan fingerprint density at radius 2 is 2.22 bits per heavy atom. The van der Waals surface area contributed by atoms with E-state index in [4.69, 9.17) is 5.26 Å². The van der Waals surface area contributed by atoms with Gasteiger partial charge in [0.2, 0.25) is 0 Å². The number of anilines is 1. The number of nitrogens with zero attached hydrogens (tertiary/aromatic N) is 3. The van der Waals surface area contributed by atoms with E-state index in [1.807, 2.05) is 6.07 Å². The van der Waals surface area contributed by atoms with Crippen molar-refractivity contribution < 1.29 is 4.79 Å². The molecule has 0 aliphatic heterocycles. The zero-order chi connectivity index (χ0) is 13.5. The molecule has 0 spiro atoms. The van der Waals surface area contributed by atoms with Gasteiger partial charge in [0.1, 0.15) is 5.69 Å². The predicted octanol–water partition coefficient (Wildman–Crippen LogP) is 2.66. The highest BCUT2D eigenvalue weighted by Gasteiger charge is 2.09. The molecule has 0 bridgehead atoms. The summed E-state index contributed by atoms with van der Waals surface area (Å²) in [6, 6.07) is 5.78. The predicted molar refractivity (Wildman–Crippen MR) is 71.5 cm³/mol. The number of pyridine rings is 1. The summed E-state index contributed by atoms with van der Waals surface area (Å²) in [5.41, 5.74) is 1.44. The number of nitriles is 1. The average Bonchev–Trinajstić information content (AvgIpc) is 2.34. The molecular weight excluding hydrogens is 226 g/mol. The molecular formula is C14H19N3O. The molecule has 0 aliphatic carbocycles. The van der Waals surface area contributed by atoms with Gasteiger partial charge in [0.05, 0.1) is 24.4 Å². The average molecular weight is 245 g/mol. The van der Waals surface area contributed by atoms with E-state index in [2.05, 4.69) is 29.8 Å². The lowest BCUT2D eigenvalue weighted by Gasteiger charge is -2.25. The van der Waals surface area contributed by atoms with Crippen molar-refractivity contribution in [3.8, 4) is 6.07 Å². The highest BCUT2D eigenvalue weighted by atomic mass is 16.1. The summed E-state index contributed by atoms with van der Waals surface area (Å²) in [6.45, 7) is 7.34. The fraction of sp³-hybridized carbons (Fsp3) is 0.500. The van der Waals surface area contributed by atoms with Crippen molar-refractivity contribution in [3.05, 3.63) is 24.0 Å². The molecule has 0 atom stereocenters. The maximum Gasteiger partial charge on any atom is 0.178 e. The molecule has 1 aromatic heterocycles. The number of hydrogen-bond acceptors (Lipinski definition) is 4. The van der Waals surface area contributed by atoms with Crippen LogP contribution in [-0.4, -0.2) is 23.9 Å². The van der Waals surface area contributed by atoms with Gasteiger partial charge in [0.15, 0.2) is 5.78 Å². The van der Waals surface area contributed by atoms with Gasteiger partial charge in [0.25, 0.3) is 0 Å². The minimum absolute atomic E-state index is 0.0333. The van der Waals surface area contributed by atoms with E-state index < -0.39 is 0 Å². The van der Waals surface area contributed by atoms with Crippen molar-refractivity contribution in [2.24, 2.45) is 5.92 Å². The van der Waals surface area contributed by atoms with Gasteiger partial charge in [-0.2, -0.15) is 5.26 Å². The zero-order valence-corrected chi connectivity index (χ0v) is 11.2. The van der Waals surface area contributed by atoms with E-state index in [-0.39, 0.29) is 5.78 Å². The number of aromatic nitrogens is 1. The van der Waals surface area contributed by atoms with Crippen LogP contribution in [0.2, 0.25) is 0 Å². The van der Waals surface area contributed by atoms with E-state index in [0.717, 1.165) is 12.2 Å². The van der Waals surface area contributed by atoms with Crippen molar-refractivity contribution in [3.63, 3.8) is 0 Å². The lowest BCUT2D eigenvalue weighted by atomic mass is 10.2. The molecule has 1 aromatic rings. The molecule has 0 aliphatic rings. The molecule has 18 heavy (non-hydrogen) atoms. The first-order chi connectivity index (χ1) is 8.54. The van der Waals surface area contributed by atoms with E-state index in [1.165, 1.54) is 6.92 Å². The molecule has 0 fully saturated rings. The van der Waals surface area contributed by atoms with E-state index in [9.17, 15) is 4.79 Å². The molecule has 0 saturated heterocycles. The fourth-order valence-electron chi connectivity index (χ4n) is 1.73. The van der Waals surface area contributed by atoms with Crippen molar-refractivity contribution >= 4 is 11.5 Å². The SMILES string of the molecule is CC(=O)c1ccc(N(CCC#N)CC(C)C)cn1. The van der Waals surface area contributed by atoms with Gasteiger partial charge in [-0.25, -0.2) is 0 Å². The molecule has 1 rings (SSSR count). The summed E-state index contributed by atoms with van der Waals surface area (Å²) in [5.74, 6) is 0.477. The third-order valence-corrected chi connectivity index (χ3v) is 2.55. The molecule has 1 heterocycles. The number of carbonyl (C=O) groups excluding carboxylic acids is 1. The Kier molecular flexibility index (Phi) is 5.31. The summed E-state index contributed by atoms with van der Waals surface area (Å²) in [4.78, 5) is 17.4. The van der Waals surface area contributed by atoms with Crippen molar-refractivity contribution in [1.82, 2.24) is 4.98 Å². The van der Waals surface area contributed by atoms with Crippen LogP contribution in [0.25, 0.3) is 0 Å². The van der Waals surface area contributed by atoms with Crippen LogP contribution in [0.1, 0.15) is 37.7 Å². The van der Waals surface area contributed by atoms with E-state index >= 15 is 0 Å². The molecule has 0 unspecified atom stereocenters. The third-order valence-electron chi connectivity index (χ3n) is 2.55. The standard InChI is InChI=1S/C14H19N3O/c1-11(2)10-17(8-4-7-15)13-5-6-14(12(3)18)16-9-13/h5-6,9,11H,4,8,10H2,1-3H3. The monoisotopic (exact) mass is 245 g/mol. The Morgan fingerprint density at radius 1 is 1.50 bits per heavy atom. The van der Waals surface area contributed by atoms with Crippen LogP contribution in [0.3, 0.4) is 0 Å². The van der Waals surface area contributed by atoms with Gasteiger partial charge in [-0.3, -0.25) is 9.78 Å². The summed E-state index contributed by atoms with van der Waals surface area (Å²) >= 11 is 0.